The fourth-order valence-corrected chi connectivity index (χ4v) is 2.17. The number of anilines is 1. The summed E-state index contributed by atoms with van der Waals surface area (Å²) >= 11 is 5.66. The Hall–Kier alpha value is -2.35. The highest BCUT2D eigenvalue weighted by molar-refractivity contribution is 6.30. The Morgan fingerprint density at radius 1 is 1.19 bits per heavy atom. The Bertz CT molecular complexity index is 827. The molecule has 3 rings (SSSR count). The van der Waals surface area contributed by atoms with Crippen molar-refractivity contribution in [2.45, 2.75) is 6.18 Å². The van der Waals surface area contributed by atoms with Gasteiger partial charge in [0.25, 0.3) is 0 Å². The van der Waals surface area contributed by atoms with E-state index in [0.29, 0.717) is 5.52 Å². The summed E-state index contributed by atoms with van der Waals surface area (Å²) in [4.78, 5) is 3.85. The highest BCUT2D eigenvalue weighted by Gasteiger charge is 2.35. The van der Waals surface area contributed by atoms with Crippen molar-refractivity contribution in [1.29, 1.82) is 0 Å². The molecule has 0 aliphatic rings. The van der Waals surface area contributed by atoms with Crippen LogP contribution in [-0.4, -0.2) is 19.6 Å². The fraction of sp³-hybridized carbons (Fsp3) is 0.0833. The second kappa shape index (κ2) is 4.59. The minimum atomic E-state index is -4.57. The molecule has 0 bridgehead atoms. The van der Waals surface area contributed by atoms with Crippen LogP contribution in [0.15, 0.2) is 30.7 Å². The molecule has 2 N–H and O–H groups in total. The molecule has 0 saturated carbocycles. The van der Waals surface area contributed by atoms with Crippen LogP contribution in [0.2, 0.25) is 5.02 Å². The standard InChI is InChI=1S/C12H7ClF3N5/c13-6-1-2-7(8(3-6)12(14,15)16)10-9-4-18-5-21(9)11(17)20-19-10/h1-5H,(H2,17,20). The summed E-state index contributed by atoms with van der Waals surface area (Å²) < 4.78 is 40.9. The number of aromatic nitrogens is 4. The largest absolute Gasteiger partial charge is 0.417 e. The van der Waals surface area contributed by atoms with Gasteiger partial charge in [0.05, 0.1) is 17.3 Å². The van der Waals surface area contributed by atoms with Crippen LogP contribution in [-0.2, 0) is 6.18 Å². The Morgan fingerprint density at radius 3 is 2.67 bits per heavy atom. The van der Waals surface area contributed by atoms with E-state index in [1.165, 1.54) is 29.1 Å². The van der Waals surface area contributed by atoms with E-state index in [2.05, 4.69) is 15.2 Å². The van der Waals surface area contributed by atoms with E-state index >= 15 is 0 Å². The molecule has 0 aliphatic carbocycles. The number of imidazole rings is 1. The van der Waals surface area contributed by atoms with Crippen molar-refractivity contribution < 1.29 is 13.2 Å². The van der Waals surface area contributed by atoms with Crippen molar-refractivity contribution >= 4 is 23.1 Å². The molecular formula is C12H7ClF3N5. The molecule has 5 nitrogen and oxygen atoms in total. The summed E-state index contributed by atoms with van der Waals surface area (Å²) in [5.74, 6) is 0.0359. The number of nitrogens with two attached hydrogens (primary N) is 1. The molecule has 3 aromatic rings. The van der Waals surface area contributed by atoms with E-state index < -0.39 is 11.7 Å². The molecule has 0 unspecified atom stereocenters. The van der Waals surface area contributed by atoms with Gasteiger partial charge in [0.2, 0.25) is 5.95 Å². The highest BCUT2D eigenvalue weighted by atomic mass is 35.5. The molecule has 1 aromatic carbocycles. The lowest BCUT2D eigenvalue weighted by molar-refractivity contribution is -0.137. The number of nitrogens with zero attached hydrogens (tertiary/aromatic N) is 4. The summed E-state index contributed by atoms with van der Waals surface area (Å²) in [6.07, 6.45) is -1.85. The third-order valence-electron chi connectivity index (χ3n) is 2.92. The first-order valence-electron chi connectivity index (χ1n) is 5.69. The van der Waals surface area contributed by atoms with Gasteiger partial charge in [-0.25, -0.2) is 4.98 Å². The number of rotatable bonds is 1. The second-order valence-corrected chi connectivity index (χ2v) is 4.68. The van der Waals surface area contributed by atoms with Crippen LogP contribution in [0.5, 0.6) is 0 Å². The van der Waals surface area contributed by atoms with Gasteiger partial charge in [-0.05, 0) is 12.1 Å². The average Bonchev–Trinajstić information content (AvgIpc) is 2.89. The molecule has 0 saturated heterocycles. The predicted molar refractivity (Wildman–Crippen MR) is 70.6 cm³/mol. The molecule has 0 amide bonds. The molecular weight excluding hydrogens is 307 g/mol. The van der Waals surface area contributed by atoms with Gasteiger partial charge >= 0.3 is 6.18 Å². The third-order valence-corrected chi connectivity index (χ3v) is 3.16. The molecule has 2 aromatic heterocycles. The first-order valence-corrected chi connectivity index (χ1v) is 6.07. The molecule has 21 heavy (non-hydrogen) atoms. The monoisotopic (exact) mass is 313 g/mol. The number of fused-ring (bicyclic) bond motifs is 1. The maximum absolute atomic E-state index is 13.2. The summed E-state index contributed by atoms with van der Waals surface area (Å²) in [5, 5.41) is 7.41. The zero-order chi connectivity index (χ0) is 15.2. The number of nitrogen functional groups attached to an aromatic ring is 1. The fourth-order valence-electron chi connectivity index (χ4n) is 2.00. The van der Waals surface area contributed by atoms with E-state index in [0.717, 1.165) is 6.07 Å². The Labute approximate surface area is 121 Å². The Balaban J connectivity index is 2.34. The van der Waals surface area contributed by atoms with Crippen molar-refractivity contribution in [3.63, 3.8) is 0 Å². The summed E-state index contributed by atoms with van der Waals surface area (Å²) in [7, 11) is 0. The summed E-state index contributed by atoms with van der Waals surface area (Å²) in [6.45, 7) is 0. The van der Waals surface area contributed by atoms with Crippen molar-refractivity contribution in [3.05, 3.63) is 41.3 Å². The lowest BCUT2D eigenvalue weighted by atomic mass is 10.0. The van der Waals surface area contributed by atoms with Crippen LogP contribution in [0.3, 0.4) is 0 Å². The normalized spacial score (nSPS) is 12.0. The number of alkyl halides is 3. The first kappa shape index (κ1) is 13.6. The van der Waals surface area contributed by atoms with Crippen molar-refractivity contribution in [2.75, 3.05) is 5.73 Å². The zero-order valence-electron chi connectivity index (χ0n) is 10.3. The molecule has 0 aliphatic heterocycles. The van der Waals surface area contributed by atoms with Crippen molar-refractivity contribution in [1.82, 2.24) is 19.6 Å². The number of hydrogen-bond acceptors (Lipinski definition) is 4. The second-order valence-electron chi connectivity index (χ2n) is 4.24. The predicted octanol–water partition coefficient (Wildman–Crippen LogP) is 3.05. The van der Waals surface area contributed by atoms with Gasteiger partial charge < -0.3 is 5.73 Å². The molecule has 2 heterocycles. The van der Waals surface area contributed by atoms with Crippen LogP contribution in [0.1, 0.15) is 5.56 Å². The van der Waals surface area contributed by atoms with Crippen LogP contribution < -0.4 is 5.73 Å². The molecule has 9 heteroatoms. The van der Waals surface area contributed by atoms with Gasteiger partial charge in [-0.2, -0.15) is 13.2 Å². The topological polar surface area (TPSA) is 69.1 Å². The number of hydrogen-bond donors (Lipinski definition) is 1. The number of halogens is 4. The summed E-state index contributed by atoms with van der Waals surface area (Å²) in [5.41, 5.74) is 4.94. The van der Waals surface area contributed by atoms with Gasteiger partial charge in [-0.15, -0.1) is 10.2 Å². The van der Waals surface area contributed by atoms with Crippen LogP contribution in [0.4, 0.5) is 19.1 Å². The van der Waals surface area contributed by atoms with Gasteiger partial charge in [0.15, 0.2) is 0 Å². The molecule has 0 spiro atoms. The van der Waals surface area contributed by atoms with Gasteiger partial charge in [0.1, 0.15) is 12.0 Å². The van der Waals surface area contributed by atoms with Gasteiger partial charge in [0, 0.05) is 10.6 Å². The minimum Gasteiger partial charge on any atom is -0.368 e. The van der Waals surface area contributed by atoms with Crippen molar-refractivity contribution in [3.8, 4) is 11.3 Å². The molecule has 0 atom stereocenters. The van der Waals surface area contributed by atoms with Crippen LogP contribution in [0.25, 0.3) is 16.8 Å². The van der Waals surface area contributed by atoms with Crippen LogP contribution >= 0.6 is 11.6 Å². The Kier molecular flexibility index (Phi) is 2.98. The van der Waals surface area contributed by atoms with E-state index in [9.17, 15) is 13.2 Å². The first-order chi connectivity index (χ1) is 9.88. The maximum atomic E-state index is 13.2. The van der Waals surface area contributed by atoms with E-state index in [-0.39, 0.29) is 22.2 Å². The van der Waals surface area contributed by atoms with Crippen molar-refractivity contribution in [2.24, 2.45) is 0 Å². The smallest absolute Gasteiger partial charge is 0.368 e. The average molecular weight is 314 g/mol. The lowest BCUT2D eigenvalue weighted by Crippen LogP contribution is -2.09. The third kappa shape index (κ3) is 2.27. The van der Waals surface area contributed by atoms with Crippen LogP contribution in [0, 0.1) is 0 Å². The quantitative estimate of drug-likeness (QED) is 0.749. The van der Waals surface area contributed by atoms with E-state index in [4.69, 9.17) is 17.3 Å². The molecule has 108 valence electrons. The molecule has 0 fully saturated rings. The minimum absolute atomic E-state index is 0.0148. The summed E-state index contributed by atoms with van der Waals surface area (Å²) in [6, 6.07) is 3.46. The highest BCUT2D eigenvalue weighted by Crippen LogP contribution is 2.39. The molecule has 0 radical (unpaired) electrons. The van der Waals surface area contributed by atoms with E-state index in [1.54, 1.807) is 0 Å². The number of benzene rings is 1. The SMILES string of the molecule is Nc1nnc(-c2ccc(Cl)cc2C(F)(F)F)c2cncn12. The zero-order valence-corrected chi connectivity index (χ0v) is 11.0. The van der Waals surface area contributed by atoms with E-state index in [1.807, 2.05) is 0 Å². The lowest BCUT2D eigenvalue weighted by Gasteiger charge is -2.13. The maximum Gasteiger partial charge on any atom is 0.417 e. The van der Waals surface area contributed by atoms with Gasteiger partial charge in [-0.1, -0.05) is 17.7 Å². The van der Waals surface area contributed by atoms with Gasteiger partial charge in [-0.3, -0.25) is 4.40 Å². The Morgan fingerprint density at radius 2 is 1.95 bits per heavy atom.